The first kappa shape index (κ1) is 17.0. The van der Waals surface area contributed by atoms with Crippen LogP contribution in [0.3, 0.4) is 0 Å². The van der Waals surface area contributed by atoms with Crippen molar-refractivity contribution in [1.29, 1.82) is 0 Å². The quantitative estimate of drug-likeness (QED) is 0.895. The molecule has 120 valence electrons. The van der Waals surface area contributed by atoms with Crippen molar-refractivity contribution >= 4 is 23.7 Å². The summed E-state index contributed by atoms with van der Waals surface area (Å²) in [4.78, 5) is 5.58. The molecule has 3 rings (SSSR count). The van der Waals surface area contributed by atoms with Gasteiger partial charge in [-0.05, 0) is 44.3 Å². The van der Waals surface area contributed by atoms with Crippen molar-refractivity contribution in [3.05, 3.63) is 16.1 Å². The second-order valence-electron chi connectivity index (χ2n) is 5.83. The van der Waals surface area contributed by atoms with E-state index in [4.69, 9.17) is 0 Å². The first-order valence-corrected chi connectivity index (χ1v) is 7.74. The smallest absolute Gasteiger partial charge is 0.317 e. The lowest BCUT2D eigenvalue weighted by Crippen LogP contribution is -2.38. The van der Waals surface area contributed by atoms with Crippen LogP contribution in [0.15, 0.2) is 6.20 Å². The lowest BCUT2D eigenvalue weighted by Gasteiger charge is -2.33. The van der Waals surface area contributed by atoms with Crippen molar-refractivity contribution in [1.82, 2.24) is 15.2 Å². The Kier molecular flexibility index (Phi) is 5.18. The van der Waals surface area contributed by atoms with E-state index in [0.29, 0.717) is 17.0 Å². The molecule has 1 aromatic rings. The van der Waals surface area contributed by atoms with Gasteiger partial charge in [0.1, 0.15) is 9.88 Å². The molecular weight excluding hydrogens is 323 g/mol. The molecule has 0 aromatic carbocycles. The molecule has 21 heavy (non-hydrogen) atoms. The van der Waals surface area contributed by atoms with Crippen LogP contribution in [0.4, 0.5) is 13.2 Å². The molecule has 2 saturated heterocycles. The molecule has 0 aliphatic carbocycles. The third kappa shape index (κ3) is 3.88. The van der Waals surface area contributed by atoms with E-state index in [-0.39, 0.29) is 12.4 Å². The maximum absolute atomic E-state index is 12.6. The van der Waals surface area contributed by atoms with Gasteiger partial charge in [-0.25, -0.2) is 4.98 Å². The van der Waals surface area contributed by atoms with Gasteiger partial charge in [0.15, 0.2) is 0 Å². The number of thiazole rings is 1. The van der Waals surface area contributed by atoms with Gasteiger partial charge >= 0.3 is 6.18 Å². The summed E-state index contributed by atoms with van der Waals surface area (Å²) in [6, 6.07) is 0. The van der Waals surface area contributed by atoms with Crippen LogP contribution in [0.25, 0.3) is 0 Å². The van der Waals surface area contributed by atoms with Gasteiger partial charge in [0.2, 0.25) is 0 Å². The molecule has 2 aliphatic rings. The van der Waals surface area contributed by atoms with Gasteiger partial charge in [-0.3, -0.25) is 4.90 Å². The zero-order valence-electron chi connectivity index (χ0n) is 11.6. The van der Waals surface area contributed by atoms with Crippen LogP contribution in [-0.4, -0.2) is 36.1 Å². The van der Waals surface area contributed by atoms with E-state index in [1.54, 1.807) is 0 Å². The number of likely N-dealkylation sites (tertiary alicyclic amines) is 1. The monoisotopic (exact) mass is 341 g/mol. The van der Waals surface area contributed by atoms with E-state index in [9.17, 15) is 13.2 Å². The van der Waals surface area contributed by atoms with E-state index >= 15 is 0 Å². The molecule has 3 heterocycles. The predicted molar refractivity (Wildman–Crippen MR) is 78.8 cm³/mol. The Hall–Kier alpha value is -0.370. The normalized spacial score (nSPS) is 22.4. The molecule has 0 bridgehead atoms. The minimum atomic E-state index is -4.27. The third-order valence-electron chi connectivity index (χ3n) is 4.37. The Bertz CT molecular complexity index is 471. The van der Waals surface area contributed by atoms with Crippen LogP contribution >= 0.6 is 23.7 Å². The van der Waals surface area contributed by atoms with Crippen molar-refractivity contribution < 1.29 is 13.2 Å². The highest BCUT2D eigenvalue weighted by atomic mass is 35.5. The van der Waals surface area contributed by atoms with Crippen molar-refractivity contribution in [2.24, 2.45) is 5.41 Å². The standard InChI is InChI=1S/C13H18F3N3S.ClH/c14-13(15,16)10-7-18-11(20-10)8-19-6-3-12(9-19)1-4-17-5-2-12;/h7,17H,1-6,8-9H2;1H. The average molecular weight is 342 g/mol. The summed E-state index contributed by atoms with van der Waals surface area (Å²) >= 11 is 0.772. The Morgan fingerprint density at radius 1 is 1.29 bits per heavy atom. The Morgan fingerprint density at radius 3 is 2.62 bits per heavy atom. The summed E-state index contributed by atoms with van der Waals surface area (Å²) < 4.78 is 37.7. The van der Waals surface area contributed by atoms with Gasteiger partial charge in [0, 0.05) is 6.54 Å². The van der Waals surface area contributed by atoms with E-state index in [1.807, 2.05) is 0 Å². The Balaban J connectivity index is 0.00000161. The maximum Gasteiger partial charge on any atom is 0.427 e. The summed E-state index contributed by atoms with van der Waals surface area (Å²) in [6.07, 6.45) is 0.198. The van der Waals surface area contributed by atoms with Gasteiger partial charge in [-0.15, -0.1) is 23.7 Å². The van der Waals surface area contributed by atoms with E-state index in [1.165, 1.54) is 12.8 Å². The number of alkyl halides is 3. The number of hydrogen-bond acceptors (Lipinski definition) is 4. The first-order chi connectivity index (χ1) is 9.47. The van der Waals surface area contributed by atoms with Crippen LogP contribution in [0.5, 0.6) is 0 Å². The fraction of sp³-hybridized carbons (Fsp3) is 0.769. The number of hydrogen-bond donors (Lipinski definition) is 1. The van der Waals surface area contributed by atoms with E-state index in [2.05, 4.69) is 15.2 Å². The predicted octanol–water partition coefficient (Wildman–Crippen LogP) is 3.16. The highest BCUT2D eigenvalue weighted by Crippen LogP contribution is 2.40. The van der Waals surface area contributed by atoms with Gasteiger partial charge < -0.3 is 5.32 Å². The van der Waals surface area contributed by atoms with Crippen molar-refractivity contribution in [2.75, 3.05) is 26.2 Å². The lowest BCUT2D eigenvalue weighted by atomic mass is 9.78. The summed E-state index contributed by atoms with van der Waals surface area (Å²) in [5.74, 6) is 0. The third-order valence-corrected chi connectivity index (χ3v) is 5.40. The molecule has 2 aliphatic heterocycles. The molecule has 2 fully saturated rings. The first-order valence-electron chi connectivity index (χ1n) is 6.92. The summed E-state index contributed by atoms with van der Waals surface area (Å²) in [7, 11) is 0. The molecular formula is C13H19ClF3N3S. The van der Waals surface area contributed by atoms with Gasteiger partial charge in [0.05, 0.1) is 12.7 Å². The van der Waals surface area contributed by atoms with E-state index < -0.39 is 11.1 Å². The topological polar surface area (TPSA) is 28.2 Å². The highest BCUT2D eigenvalue weighted by molar-refractivity contribution is 7.11. The molecule has 0 radical (unpaired) electrons. The Morgan fingerprint density at radius 2 is 2.00 bits per heavy atom. The van der Waals surface area contributed by atoms with Gasteiger partial charge in [-0.2, -0.15) is 13.2 Å². The molecule has 3 nitrogen and oxygen atoms in total. The lowest BCUT2D eigenvalue weighted by molar-refractivity contribution is -0.134. The van der Waals surface area contributed by atoms with Crippen molar-refractivity contribution in [3.63, 3.8) is 0 Å². The van der Waals surface area contributed by atoms with Crippen molar-refractivity contribution in [2.45, 2.75) is 32.0 Å². The van der Waals surface area contributed by atoms with Crippen LogP contribution in [0, 0.1) is 5.41 Å². The molecule has 0 saturated carbocycles. The highest BCUT2D eigenvalue weighted by Gasteiger charge is 2.39. The van der Waals surface area contributed by atoms with Crippen LogP contribution in [0.2, 0.25) is 0 Å². The maximum atomic E-state index is 12.6. The Labute approximate surface area is 132 Å². The molecule has 1 spiro atoms. The number of rotatable bonds is 2. The molecule has 1 aromatic heterocycles. The van der Waals surface area contributed by atoms with Gasteiger partial charge in [0.25, 0.3) is 0 Å². The molecule has 0 atom stereocenters. The molecule has 8 heteroatoms. The largest absolute Gasteiger partial charge is 0.427 e. The number of piperidine rings is 1. The van der Waals surface area contributed by atoms with Gasteiger partial charge in [-0.1, -0.05) is 0 Å². The fourth-order valence-electron chi connectivity index (χ4n) is 3.23. The zero-order chi connectivity index (χ0) is 14.2. The number of halogens is 4. The summed E-state index contributed by atoms with van der Waals surface area (Å²) in [5.41, 5.74) is 0.384. The van der Waals surface area contributed by atoms with Crippen molar-refractivity contribution in [3.8, 4) is 0 Å². The number of nitrogens with zero attached hydrogens (tertiary/aromatic N) is 2. The second-order valence-corrected chi connectivity index (χ2v) is 6.94. The van der Waals surface area contributed by atoms with Crippen LogP contribution in [-0.2, 0) is 12.7 Å². The van der Waals surface area contributed by atoms with Crippen LogP contribution < -0.4 is 5.32 Å². The zero-order valence-corrected chi connectivity index (χ0v) is 13.2. The van der Waals surface area contributed by atoms with Crippen LogP contribution in [0.1, 0.15) is 29.1 Å². The second kappa shape index (κ2) is 6.40. The SMILES string of the molecule is Cl.FC(F)(F)c1cnc(CN2CCC3(CCNCC3)C2)s1. The fourth-order valence-corrected chi connectivity index (χ4v) is 4.06. The minimum Gasteiger partial charge on any atom is -0.317 e. The minimum absolute atomic E-state index is 0. The molecule has 0 amide bonds. The number of aromatic nitrogens is 1. The molecule has 0 unspecified atom stereocenters. The summed E-state index contributed by atoms with van der Waals surface area (Å²) in [5, 5.41) is 3.94. The summed E-state index contributed by atoms with van der Waals surface area (Å²) in [6.45, 7) is 4.64. The average Bonchev–Trinajstić information content (AvgIpc) is 2.99. The number of nitrogens with one attached hydrogen (secondary N) is 1. The van der Waals surface area contributed by atoms with E-state index in [0.717, 1.165) is 50.1 Å². The molecule has 1 N–H and O–H groups in total.